The van der Waals surface area contributed by atoms with Crippen LogP contribution in [0.3, 0.4) is 0 Å². The topological polar surface area (TPSA) is 38.8 Å². The molecule has 0 bridgehead atoms. The first-order valence-corrected chi connectivity index (χ1v) is 16.2. The Morgan fingerprint density at radius 3 is 2.46 bits per heavy atom. The number of hydrogen-bond acceptors (Lipinski definition) is 3. The summed E-state index contributed by atoms with van der Waals surface area (Å²) in [6.07, 6.45) is 11.5. The molecule has 4 nitrogen and oxygen atoms in total. The molecule has 3 atom stereocenters. The summed E-state index contributed by atoms with van der Waals surface area (Å²) in [5, 5.41) is 0.185. The minimum Gasteiger partial charge on any atom is -0.411 e. The molecule has 1 amide bonds. The smallest absolute Gasteiger partial charge is 0.222 e. The fourth-order valence-electron chi connectivity index (χ4n) is 4.42. The van der Waals surface area contributed by atoms with E-state index in [4.69, 9.17) is 9.16 Å². The maximum Gasteiger partial charge on any atom is 0.222 e. The van der Waals surface area contributed by atoms with Crippen LogP contribution in [0.4, 0.5) is 0 Å². The Hall–Kier alpha value is -1.69. The molecule has 1 heterocycles. The van der Waals surface area contributed by atoms with E-state index in [1.165, 1.54) is 11.1 Å². The number of hydrogen-bond donors (Lipinski definition) is 0. The predicted molar refractivity (Wildman–Crippen MR) is 150 cm³/mol. The summed E-state index contributed by atoms with van der Waals surface area (Å²) in [4.78, 5) is 14.9. The molecule has 0 fully saturated rings. The van der Waals surface area contributed by atoms with Gasteiger partial charge in [0.05, 0.1) is 25.4 Å². The Kier molecular flexibility index (Phi) is 11.5. The Labute approximate surface area is 215 Å². The third kappa shape index (κ3) is 9.36. The summed E-state index contributed by atoms with van der Waals surface area (Å²) >= 11 is 0. The van der Waals surface area contributed by atoms with Gasteiger partial charge in [0.1, 0.15) is 0 Å². The Bertz CT molecular complexity index is 841. The Morgan fingerprint density at radius 2 is 1.80 bits per heavy atom. The fraction of sp³-hybridized carbons (Fsp3) is 0.633. The van der Waals surface area contributed by atoms with Crippen LogP contribution in [0.25, 0.3) is 0 Å². The van der Waals surface area contributed by atoms with Crippen molar-refractivity contribution in [3.63, 3.8) is 0 Å². The number of rotatable bonds is 7. The normalized spacial score (nSPS) is 23.7. The molecule has 0 radical (unpaired) electrons. The lowest BCUT2D eigenvalue weighted by Crippen LogP contribution is -2.44. The van der Waals surface area contributed by atoms with Crippen LogP contribution in [0, 0.1) is 5.92 Å². The molecule has 2 unspecified atom stereocenters. The summed E-state index contributed by atoms with van der Waals surface area (Å²) in [5.74, 6) is 0.405. The van der Waals surface area contributed by atoms with Crippen molar-refractivity contribution < 1.29 is 14.0 Å². The van der Waals surface area contributed by atoms with Crippen molar-refractivity contribution in [2.75, 3.05) is 13.7 Å². The van der Waals surface area contributed by atoms with Gasteiger partial charge in [-0.1, -0.05) is 94.7 Å². The molecule has 0 aromatic heterocycles. The molecule has 0 saturated carbocycles. The molecular weight excluding hydrogens is 450 g/mol. The fourth-order valence-corrected chi connectivity index (χ4v) is 5.73. The van der Waals surface area contributed by atoms with Crippen LogP contribution in [0.1, 0.15) is 72.3 Å². The number of carbonyl (C=O) groups is 1. The van der Waals surface area contributed by atoms with Crippen molar-refractivity contribution in [1.29, 1.82) is 0 Å². The van der Waals surface area contributed by atoms with Gasteiger partial charge in [0.15, 0.2) is 8.32 Å². The first-order valence-electron chi connectivity index (χ1n) is 13.3. The van der Waals surface area contributed by atoms with E-state index < -0.39 is 8.32 Å². The van der Waals surface area contributed by atoms with Crippen molar-refractivity contribution in [1.82, 2.24) is 4.90 Å². The van der Waals surface area contributed by atoms with Gasteiger partial charge in [-0.25, -0.2) is 0 Å². The van der Waals surface area contributed by atoms with Crippen LogP contribution in [0.15, 0.2) is 54.1 Å². The van der Waals surface area contributed by atoms with E-state index in [1.807, 2.05) is 30.1 Å². The van der Waals surface area contributed by atoms with E-state index >= 15 is 0 Å². The molecule has 1 aliphatic rings. The lowest BCUT2D eigenvalue weighted by molar-refractivity contribution is -0.132. The van der Waals surface area contributed by atoms with Crippen LogP contribution < -0.4 is 0 Å². The highest BCUT2D eigenvalue weighted by Crippen LogP contribution is 2.38. The highest BCUT2D eigenvalue weighted by molar-refractivity contribution is 6.74. The molecule has 2 rings (SSSR count). The van der Waals surface area contributed by atoms with E-state index in [0.717, 1.165) is 25.7 Å². The average Bonchev–Trinajstić information content (AvgIpc) is 2.79. The van der Waals surface area contributed by atoms with Gasteiger partial charge < -0.3 is 14.1 Å². The SMILES string of the molecule is CC(=CCOCc1ccccc1)C1[C@@H](C)C=CC(O[Si](C)(C)C(C)(C)C)CCCCCC(=O)N1C. The minimum atomic E-state index is -1.86. The van der Waals surface area contributed by atoms with E-state index in [9.17, 15) is 4.79 Å². The lowest BCUT2D eigenvalue weighted by atomic mass is 9.91. The molecule has 1 aromatic carbocycles. The summed E-state index contributed by atoms with van der Waals surface area (Å²) in [6.45, 7) is 17.0. The van der Waals surface area contributed by atoms with Crippen molar-refractivity contribution in [2.45, 2.75) is 104 Å². The van der Waals surface area contributed by atoms with Gasteiger partial charge in [-0.2, -0.15) is 0 Å². The largest absolute Gasteiger partial charge is 0.411 e. The zero-order valence-electron chi connectivity index (χ0n) is 23.5. The van der Waals surface area contributed by atoms with Crippen LogP contribution in [-0.2, 0) is 20.6 Å². The maximum absolute atomic E-state index is 13.0. The van der Waals surface area contributed by atoms with Crippen molar-refractivity contribution in [3.8, 4) is 0 Å². The first-order chi connectivity index (χ1) is 16.4. The van der Waals surface area contributed by atoms with Gasteiger partial charge >= 0.3 is 0 Å². The number of nitrogens with zero attached hydrogens (tertiary/aromatic N) is 1. The predicted octanol–water partition coefficient (Wildman–Crippen LogP) is 7.52. The van der Waals surface area contributed by atoms with E-state index in [-0.39, 0.29) is 29.0 Å². The van der Waals surface area contributed by atoms with Gasteiger partial charge in [0.25, 0.3) is 0 Å². The maximum atomic E-state index is 13.0. The quantitative estimate of drug-likeness (QED) is 0.221. The summed E-state index contributed by atoms with van der Waals surface area (Å²) in [7, 11) is 0.0916. The van der Waals surface area contributed by atoms with Crippen LogP contribution in [0.2, 0.25) is 18.1 Å². The van der Waals surface area contributed by atoms with Gasteiger partial charge in [-0.05, 0) is 49.4 Å². The lowest BCUT2D eigenvalue weighted by Gasteiger charge is -2.39. The summed E-state index contributed by atoms with van der Waals surface area (Å²) in [5.41, 5.74) is 2.34. The standard InChI is InChI=1S/C30H49NO3Si/c1-24-19-20-27(34-35(7,8)30(3,4)5)17-13-10-14-18-28(32)31(6)29(24)25(2)21-22-33-23-26-15-11-9-12-16-26/h9,11-12,15-16,19-21,24,27,29H,10,13-14,17-18,22-23H2,1-8H3/t24-,27?,29?/m0/s1. The van der Waals surface area contributed by atoms with Gasteiger partial charge in [0.2, 0.25) is 5.91 Å². The van der Waals surface area contributed by atoms with E-state index in [1.54, 1.807) is 0 Å². The average molecular weight is 500 g/mol. The number of ether oxygens (including phenoxy) is 1. The number of carbonyl (C=O) groups excluding carboxylic acids is 1. The number of benzene rings is 1. The van der Waals surface area contributed by atoms with Gasteiger partial charge in [-0.3, -0.25) is 4.79 Å². The molecular formula is C30H49NO3Si. The number of amides is 1. The molecule has 0 saturated heterocycles. The van der Waals surface area contributed by atoms with Crippen LogP contribution in [0.5, 0.6) is 0 Å². The zero-order chi connectivity index (χ0) is 26.1. The van der Waals surface area contributed by atoms with Crippen LogP contribution >= 0.6 is 0 Å². The number of likely N-dealkylation sites (N-methyl/N-ethyl adjacent to an activating group) is 1. The van der Waals surface area contributed by atoms with E-state index in [2.05, 4.69) is 78.1 Å². The second kappa shape index (κ2) is 13.6. The summed E-state index contributed by atoms with van der Waals surface area (Å²) < 4.78 is 12.7. The minimum absolute atomic E-state index is 0.00650. The highest BCUT2D eigenvalue weighted by Gasteiger charge is 2.38. The second-order valence-corrected chi connectivity index (χ2v) is 16.4. The molecule has 196 valence electrons. The molecule has 35 heavy (non-hydrogen) atoms. The van der Waals surface area contributed by atoms with Gasteiger partial charge in [0, 0.05) is 13.5 Å². The van der Waals surface area contributed by atoms with Crippen molar-refractivity contribution in [3.05, 3.63) is 59.7 Å². The first kappa shape index (κ1) is 29.5. The molecule has 0 aliphatic carbocycles. The third-order valence-electron chi connectivity index (χ3n) is 7.67. The highest BCUT2D eigenvalue weighted by atomic mass is 28.4. The van der Waals surface area contributed by atoms with Crippen molar-refractivity contribution >= 4 is 14.2 Å². The van der Waals surface area contributed by atoms with Crippen molar-refractivity contribution in [2.24, 2.45) is 5.92 Å². The van der Waals surface area contributed by atoms with Gasteiger partial charge in [-0.15, -0.1) is 0 Å². The van der Waals surface area contributed by atoms with Crippen LogP contribution in [-0.4, -0.2) is 44.9 Å². The summed E-state index contributed by atoms with van der Waals surface area (Å²) in [6, 6.07) is 10.2. The third-order valence-corrected chi connectivity index (χ3v) is 12.2. The van der Waals surface area contributed by atoms with E-state index in [0.29, 0.717) is 19.6 Å². The Balaban J connectivity index is 2.17. The molecule has 0 spiro atoms. The molecule has 0 N–H and O–H groups in total. The monoisotopic (exact) mass is 499 g/mol. The molecule has 5 heteroatoms. The second-order valence-electron chi connectivity index (χ2n) is 11.7. The Morgan fingerprint density at radius 1 is 1.11 bits per heavy atom. The molecule has 1 aliphatic heterocycles. The molecule has 1 aromatic rings. The zero-order valence-corrected chi connectivity index (χ0v) is 24.5.